The molecule has 0 unspecified atom stereocenters. The SMILES string of the molecule is COc1ccc(C(=O)CCC(=O)Nc2ccc3oc(C)nc3c2)cc1OC. The van der Waals surface area contributed by atoms with Gasteiger partial charge < -0.3 is 19.2 Å². The Labute approximate surface area is 156 Å². The average molecular weight is 368 g/mol. The first-order valence-electron chi connectivity index (χ1n) is 8.42. The number of hydrogen-bond donors (Lipinski definition) is 1. The maximum absolute atomic E-state index is 12.3. The zero-order valence-electron chi connectivity index (χ0n) is 15.4. The van der Waals surface area contributed by atoms with Gasteiger partial charge >= 0.3 is 0 Å². The summed E-state index contributed by atoms with van der Waals surface area (Å²) < 4.78 is 15.8. The highest BCUT2D eigenvalue weighted by molar-refractivity contribution is 6.00. The first-order chi connectivity index (χ1) is 13.0. The lowest BCUT2D eigenvalue weighted by Gasteiger charge is -2.09. The van der Waals surface area contributed by atoms with Crippen LogP contribution in [0.15, 0.2) is 40.8 Å². The van der Waals surface area contributed by atoms with Crippen LogP contribution in [0, 0.1) is 6.92 Å². The van der Waals surface area contributed by atoms with Crippen LogP contribution in [0.25, 0.3) is 11.1 Å². The van der Waals surface area contributed by atoms with Gasteiger partial charge in [-0.15, -0.1) is 0 Å². The van der Waals surface area contributed by atoms with Crippen molar-refractivity contribution in [2.45, 2.75) is 19.8 Å². The van der Waals surface area contributed by atoms with Crippen molar-refractivity contribution < 1.29 is 23.5 Å². The van der Waals surface area contributed by atoms with Gasteiger partial charge in [0, 0.05) is 31.0 Å². The molecule has 3 rings (SSSR count). The summed E-state index contributed by atoms with van der Waals surface area (Å²) in [5.41, 5.74) is 2.42. The fraction of sp³-hybridized carbons (Fsp3) is 0.250. The second-order valence-electron chi connectivity index (χ2n) is 5.96. The molecule has 140 valence electrons. The second kappa shape index (κ2) is 7.90. The number of carbonyl (C=O) groups excluding carboxylic acids is 2. The van der Waals surface area contributed by atoms with E-state index >= 15 is 0 Å². The van der Waals surface area contributed by atoms with Crippen molar-refractivity contribution in [1.29, 1.82) is 0 Å². The maximum Gasteiger partial charge on any atom is 0.224 e. The van der Waals surface area contributed by atoms with Crippen LogP contribution in [0.4, 0.5) is 5.69 Å². The van der Waals surface area contributed by atoms with Gasteiger partial charge in [0.15, 0.2) is 28.8 Å². The molecule has 0 bridgehead atoms. The molecule has 0 fully saturated rings. The van der Waals surface area contributed by atoms with Gasteiger partial charge in [-0.05, 0) is 36.4 Å². The first-order valence-corrected chi connectivity index (χ1v) is 8.42. The normalized spacial score (nSPS) is 10.6. The average Bonchev–Trinajstić information content (AvgIpc) is 3.04. The fourth-order valence-electron chi connectivity index (χ4n) is 2.72. The molecule has 0 radical (unpaired) electrons. The first kappa shape index (κ1) is 18.4. The van der Waals surface area contributed by atoms with Crippen LogP contribution in [0.5, 0.6) is 11.5 Å². The summed E-state index contributed by atoms with van der Waals surface area (Å²) in [5.74, 6) is 1.19. The van der Waals surface area contributed by atoms with E-state index in [9.17, 15) is 9.59 Å². The lowest BCUT2D eigenvalue weighted by atomic mass is 10.1. The van der Waals surface area contributed by atoms with E-state index < -0.39 is 0 Å². The highest BCUT2D eigenvalue weighted by Gasteiger charge is 2.13. The number of aromatic nitrogens is 1. The quantitative estimate of drug-likeness (QED) is 0.639. The van der Waals surface area contributed by atoms with Gasteiger partial charge in [-0.25, -0.2) is 4.98 Å². The molecule has 7 heteroatoms. The number of nitrogens with one attached hydrogen (secondary N) is 1. The Morgan fingerprint density at radius 3 is 2.56 bits per heavy atom. The summed E-state index contributed by atoms with van der Waals surface area (Å²) >= 11 is 0. The number of ketones is 1. The molecule has 1 heterocycles. The van der Waals surface area contributed by atoms with Gasteiger partial charge in [-0.3, -0.25) is 9.59 Å². The molecule has 0 saturated heterocycles. The van der Waals surface area contributed by atoms with E-state index in [1.165, 1.54) is 14.2 Å². The van der Waals surface area contributed by atoms with E-state index in [1.807, 2.05) is 0 Å². The minimum absolute atomic E-state index is 0.0725. The van der Waals surface area contributed by atoms with E-state index in [-0.39, 0.29) is 24.5 Å². The highest BCUT2D eigenvalue weighted by Crippen LogP contribution is 2.28. The molecule has 27 heavy (non-hydrogen) atoms. The number of Topliss-reactive ketones (excluding diaryl/α,β-unsaturated/α-hetero) is 1. The van der Waals surface area contributed by atoms with Crippen molar-refractivity contribution in [3.8, 4) is 11.5 Å². The minimum Gasteiger partial charge on any atom is -0.493 e. The number of anilines is 1. The lowest BCUT2D eigenvalue weighted by Crippen LogP contribution is -2.13. The molecule has 0 aliphatic heterocycles. The largest absolute Gasteiger partial charge is 0.493 e. The van der Waals surface area contributed by atoms with Crippen LogP contribution in [-0.2, 0) is 4.79 Å². The molecule has 2 aromatic carbocycles. The smallest absolute Gasteiger partial charge is 0.224 e. The van der Waals surface area contributed by atoms with Crippen LogP contribution < -0.4 is 14.8 Å². The number of oxazole rings is 1. The Morgan fingerprint density at radius 2 is 1.81 bits per heavy atom. The van der Waals surface area contributed by atoms with Crippen LogP contribution in [0.3, 0.4) is 0 Å². The number of methoxy groups -OCH3 is 2. The standard InChI is InChI=1S/C20H20N2O5/c1-12-21-15-11-14(5-8-17(15)27-12)22-20(24)9-6-16(23)13-4-7-18(25-2)19(10-13)26-3/h4-5,7-8,10-11H,6,9H2,1-3H3,(H,22,24). The topological polar surface area (TPSA) is 90.7 Å². The Bertz CT molecular complexity index is 993. The van der Waals surface area contributed by atoms with E-state index in [2.05, 4.69) is 10.3 Å². The van der Waals surface area contributed by atoms with Crippen LogP contribution in [0.2, 0.25) is 0 Å². The van der Waals surface area contributed by atoms with Crippen molar-refractivity contribution >= 4 is 28.5 Å². The van der Waals surface area contributed by atoms with Gasteiger partial charge in [0.25, 0.3) is 0 Å². The summed E-state index contributed by atoms with van der Waals surface area (Å²) in [6, 6.07) is 10.2. The summed E-state index contributed by atoms with van der Waals surface area (Å²) in [6.45, 7) is 1.76. The molecule has 1 amide bonds. The molecule has 0 atom stereocenters. The molecular weight excluding hydrogens is 348 g/mol. The van der Waals surface area contributed by atoms with Gasteiger partial charge in [0.1, 0.15) is 5.52 Å². The van der Waals surface area contributed by atoms with E-state index in [0.717, 1.165) is 0 Å². The molecular formula is C20H20N2O5. The van der Waals surface area contributed by atoms with E-state index in [4.69, 9.17) is 13.9 Å². The summed E-state index contributed by atoms with van der Waals surface area (Å²) in [6.07, 6.45) is 0.162. The number of aryl methyl sites for hydroxylation is 1. The van der Waals surface area contributed by atoms with Crippen LogP contribution >= 0.6 is 0 Å². The Hall–Kier alpha value is -3.35. The van der Waals surface area contributed by atoms with Crippen LogP contribution in [-0.4, -0.2) is 30.9 Å². The number of nitrogens with zero attached hydrogens (tertiary/aromatic N) is 1. The number of amides is 1. The number of fused-ring (bicyclic) bond motifs is 1. The predicted molar refractivity (Wildman–Crippen MR) is 100 cm³/mol. The van der Waals surface area contributed by atoms with Crippen molar-refractivity contribution in [2.75, 3.05) is 19.5 Å². The monoisotopic (exact) mass is 368 g/mol. The Morgan fingerprint density at radius 1 is 1.04 bits per heavy atom. The van der Waals surface area contributed by atoms with Crippen molar-refractivity contribution in [3.63, 3.8) is 0 Å². The van der Waals surface area contributed by atoms with Crippen molar-refractivity contribution in [1.82, 2.24) is 4.98 Å². The number of rotatable bonds is 7. The predicted octanol–water partition coefficient (Wildman–Crippen LogP) is 3.76. The van der Waals surface area contributed by atoms with Crippen molar-refractivity contribution in [2.24, 2.45) is 0 Å². The number of benzene rings is 2. The number of ether oxygens (including phenoxy) is 2. The molecule has 0 aliphatic rings. The Kier molecular flexibility index (Phi) is 5.40. The second-order valence-corrected chi connectivity index (χ2v) is 5.96. The molecule has 0 aliphatic carbocycles. The third-order valence-corrected chi connectivity index (χ3v) is 4.06. The third-order valence-electron chi connectivity index (χ3n) is 4.06. The molecule has 0 saturated carbocycles. The van der Waals surface area contributed by atoms with Gasteiger partial charge in [0.2, 0.25) is 5.91 Å². The van der Waals surface area contributed by atoms with E-state index in [1.54, 1.807) is 43.3 Å². The molecule has 0 spiro atoms. The Balaban J connectivity index is 1.60. The maximum atomic E-state index is 12.3. The summed E-state index contributed by atoms with van der Waals surface area (Å²) in [4.78, 5) is 28.7. The fourth-order valence-corrected chi connectivity index (χ4v) is 2.72. The molecule has 3 aromatic rings. The van der Waals surface area contributed by atoms with Crippen molar-refractivity contribution in [3.05, 3.63) is 47.9 Å². The summed E-state index contributed by atoms with van der Waals surface area (Å²) in [7, 11) is 3.04. The van der Waals surface area contributed by atoms with E-state index in [0.29, 0.717) is 39.7 Å². The van der Waals surface area contributed by atoms with Gasteiger partial charge in [-0.1, -0.05) is 0 Å². The molecule has 1 aromatic heterocycles. The number of carbonyl (C=O) groups is 2. The molecule has 7 nitrogen and oxygen atoms in total. The zero-order valence-corrected chi connectivity index (χ0v) is 15.4. The van der Waals surface area contributed by atoms with Gasteiger partial charge in [0.05, 0.1) is 14.2 Å². The minimum atomic E-state index is -0.247. The molecule has 1 N–H and O–H groups in total. The summed E-state index contributed by atoms with van der Waals surface area (Å²) in [5, 5.41) is 2.77. The zero-order chi connectivity index (χ0) is 19.4. The van der Waals surface area contributed by atoms with Gasteiger partial charge in [-0.2, -0.15) is 0 Å². The highest BCUT2D eigenvalue weighted by atomic mass is 16.5. The lowest BCUT2D eigenvalue weighted by molar-refractivity contribution is -0.116. The van der Waals surface area contributed by atoms with Crippen LogP contribution in [0.1, 0.15) is 29.1 Å². The third kappa shape index (κ3) is 4.25. The number of hydrogen-bond acceptors (Lipinski definition) is 6.